The van der Waals surface area contributed by atoms with Gasteiger partial charge in [-0.15, -0.1) is 0 Å². The molecule has 0 aromatic heterocycles. The molecule has 1 aromatic rings. The fraction of sp³-hybridized carbons (Fsp3) is 0.588. The molecule has 1 amide bonds. The summed E-state index contributed by atoms with van der Waals surface area (Å²) in [4.78, 5) is 14.4. The number of benzene rings is 1. The lowest BCUT2D eigenvalue weighted by Gasteiger charge is -2.29. The second kappa shape index (κ2) is 7.93. The summed E-state index contributed by atoms with van der Waals surface area (Å²) in [6.07, 6.45) is 6.03. The Hall–Kier alpha value is -1.40. The van der Waals surface area contributed by atoms with Gasteiger partial charge in [0.25, 0.3) is 5.91 Å². The van der Waals surface area contributed by atoms with Crippen molar-refractivity contribution in [1.29, 1.82) is 0 Å². The summed E-state index contributed by atoms with van der Waals surface area (Å²) < 4.78 is 28.8. The van der Waals surface area contributed by atoms with E-state index in [0.29, 0.717) is 18.0 Å². The number of rotatable bonds is 7. The zero-order valence-corrected chi connectivity index (χ0v) is 14.7. The summed E-state index contributed by atoms with van der Waals surface area (Å²) in [5.41, 5.74) is 1.73. The lowest BCUT2D eigenvalue weighted by molar-refractivity contribution is -0.123. The van der Waals surface area contributed by atoms with Gasteiger partial charge < -0.3 is 9.64 Å². The lowest BCUT2D eigenvalue weighted by Crippen LogP contribution is -2.38. The maximum atomic E-state index is 12.4. The van der Waals surface area contributed by atoms with Gasteiger partial charge in [0.2, 0.25) is 0 Å². The summed E-state index contributed by atoms with van der Waals surface area (Å²) in [5, 5.41) is 0. The van der Waals surface area contributed by atoms with Crippen molar-refractivity contribution >= 4 is 21.4 Å². The van der Waals surface area contributed by atoms with Gasteiger partial charge in [-0.2, -0.15) is 0 Å². The fourth-order valence-corrected chi connectivity index (χ4v) is 3.43. The van der Waals surface area contributed by atoms with Crippen LogP contribution in [0, 0.1) is 0 Å². The van der Waals surface area contributed by atoms with Gasteiger partial charge in [-0.05, 0) is 43.0 Å². The predicted octanol–water partition coefficient (Wildman–Crippen LogP) is 2.58. The molecular formula is C17H25NO4S. The minimum absolute atomic E-state index is 0.0606. The maximum absolute atomic E-state index is 12.4. The van der Waals surface area contributed by atoms with Crippen molar-refractivity contribution in [2.24, 2.45) is 0 Å². The number of ether oxygens (including phenoxy) is 1. The van der Waals surface area contributed by atoms with Gasteiger partial charge in [0.15, 0.2) is 9.84 Å². The second-order valence-electron chi connectivity index (χ2n) is 5.97. The van der Waals surface area contributed by atoms with E-state index in [0.717, 1.165) is 43.4 Å². The van der Waals surface area contributed by atoms with Gasteiger partial charge in [0.05, 0.1) is 4.90 Å². The normalized spacial score (nSPS) is 14.6. The summed E-state index contributed by atoms with van der Waals surface area (Å²) in [6, 6.07) is 4.99. The van der Waals surface area contributed by atoms with Gasteiger partial charge in [0, 0.05) is 25.1 Å². The Kier molecular flexibility index (Phi) is 6.18. The van der Waals surface area contributed by atoms with E-state index in [-0.39, 0.29) is 12.5 Å². The molecule has 6 heteroatoms. The van der Waals surface area contributed by atoms with E-state index in [1.807, 2.05) is 0 Å². The Morgan fingerprint density at radius 1 is 1.30 bits per heavy atom. The SMILES string of the molecule is CCCCCOCC(=O)N1CCCc2cc(S(C)(=O)=O)ccc21. The molecule has 128 valence electrons. The summed E-state index contributed by atoms with van der Waals surface area (Å²) >= 11 is 0. The molecule has 0 unspecified atom stereocenters. The van der Waals surface area contributed by atoms with Crippen LogP contribution < -0.4 is 4.90 Å². The van der Waals surface area contributed by atoms with Crippen molar-refractivity contribution in [3.63, 3.8) is 0 Å². The monoisotopic (exact) mass is 339 g/mol. The summed E-state index contributed by atoms with van der Waals surface area (Å²) in [6.45, 7) is 3.47. The number of anilines is 1. The molecule has 0 bridgehead atoms. The van der Waals surface area contributed by atoms with Crippen molar-refractivity contribution in [3.05, 3.63) is 23.8 Å². The Morgan fingerprint density at radius 3 is 2.78 bits per heavy atom. The first-order valence-corrected chi connectivity index (χ1v) is 10.0. The first kappa shape index (κ1) is 17.9. The average Bonchev–Trinajstić information content (AvgIpc) is 2.52. The molecule has 1 aromatic carbocycles. The van der Waals surface area contributed by atoms with E-state index in [1.165, 1.54) is 6.26 Å². The van der Waals surface area contributed by atoms with E-state index >= 15 is 0 Å². The van der Waals surface area contributed by atoms with Crippen LogP contribution in [0.5, 0.6) is 0 Å². The first-order chi connectivity index (χ1) is 10.9. The quantitative estimate of drug-likeness (QED) is 0.716. The van der Waals surface area contributed by atoms with Crippen molar-refractivity contribution < 1.29 is 17.9 Å². The number of carbonyl (C=O) groups is 1. The van der Waals surface area contributed by atoms with E-state index in [4.69, 9.17) is 4.74 Å². The van der Waals surface area contributed by atoms with Crippen LogP contribution in [0.15, 0.2) is 23.1 Å². The van der Waals surface area contributed by atoms with Gasteiger partial charge in [-0.25, -0.2) is 8.42 Å². The van der Waals surface area contributed by atoms with Crippen LogP contribution in [0.1, 0.15) is 38.2 Å². The van der Waals surface area contributed by atoms with E-state index in [9.17, 15) is 13.2 Å². The molecular weight excluding hydrogens is 314 g/mol. The highest BCUT2D eigenvalue weighted by Crippen LogP contribution is 2.29. The van der Waals surface area contributed by atoms with Crippen LogP contribution >= 0.6 is 0 Å². The van der Waals surface area contributed by atoms with Crippen LogP contribution in [0.3, 0.4) is 0 Å². The number of amides is 1. The van der Waals surface area contributed by atoms with Crippen molar-refractivity contribution in [2.45, 2.75) is 43.9 Å². The molecule has 1 aliphatic rings. The maximum Gasteiger partial charge on any atom is 0.252 e. The van der Waals surface area contributed by atoms with Crippen LogP contribution in [0.4, 0.5) is 5.69 Å². The molecule has 0 N–H and O–H groups in total. The Morgan fingerprint density at radius 2 is 2.09 bits per heavy atom. The zero-order chi connectivity index (χ0) is 16.9. The van der Waals surface area contributed by atoms with Gasteiger partial charge in [-0.3, -0.25) is 4.79 Å². The van der Waals surface area contributed by atoms with Crippen molar-refractivity contribution in [1.82, 2.24) is 0 Å². The Bertz CT molecular complexity index is 655. The molecule has 5 nitrogen and oxygen atoms in total. The molecule has 0 aliphatic carbocycles. The molecule has 23 heavy (non-hydrogen) atoms. The van der Waals surface area contributed by atoms with Crippen LogP contribution in [-0.2, 0) is 25.8 Å². The first-order valence-electron chi connectivity index (χ1n) is 8.14. The summed E-state index contributed by atoms with van der Waals surface area (Å²) in [7, 11) is -3.23. The zero-order valence-electron chi connectivity index (χ0n) is 13.9. The third-order valence-electron chi connectivity index (χ3n) is 4.02. The van der Waals surface area contributed by atoms with Gasteiger partial charge in [-0.1, -0.05) is 19.8 Å². The third kappa shape index (κ3) is 4.78. The van der Waals surface area contributed by atoms with Gasteiger partial charge >= 0.3 is 0 Å². The van der Waals surface area contributed by atoms with Gasteiger partial charge in [0.1, 0.15) is 6.61 Å². The van der Waals surface area contributed by atoms with Crippen LogP contribution in [0.2, 0.25) is 0 Å². The van der Waals surface area contributed by atoms with E-state index < -0.39 is 9.84 Å². The number of sulfone groups is 1. The molecule has 0 spiro atoms. The minimum Gasteiger partial charge on any atom is -0.372 e. The predicted molar refractivity (Wildman–Crippen MR) is 90.6 cm³/mol. The molecule has 0 radical (unpaired) electrons. The Labute approximate surface area is 138 Å². The lowest BCUT2D eigenvalue weighted by atomic mass is 10.0. The number of fused-ring (bicyclic) bond motifs is 1. The number of aryl methyl sites for hydroxylation is 1. The average molecular weight is 339 g/mol. The topological polar surface area (TPSA) is 63.7 Å². The summed E-state index contributed by atoms with van der Waals surface area (Å²) in [5.74, 6) is -0.0606. The molecule has 1 aliphatic heterocycles. The number of hydrogen-bond acceptors (Lipinski definition) is 4. The highest BCUT2D eigenvalue weighted by Gasteiger charge is 2.23. The number of unbranched alkanes of at least 4 members (excludes halogenated alkanes) is 2. The molecule has 0 saturated heterocycles. The largest absolute Gasteiger partial charge is 0.372 e. The van der Waals surface area contributed by atoms with Crippen molar-refractivity contribution in [2.75, 3.05) is 30.9 Å². The molecule has 0 fully saturated rings. The number of hydrogen-bond donors (Lipinski definition) is 0. The molecule has 2 rings (SSSR count). The minimum atomic E-state index is -3.23. The van der Waals surface area contributed by atoms with E-state index in [2.05, 4.69) is 6.92 Å². The van der Waals surface area contributed by atoms with Crippen LogP contribution in [0.25, 0.3) is 0 Å². The van der Waals surface area contributed by atoms with Crippen LogP contribution in [-0.4, -0.2) is 40.3 Å². The molecule has 1 heterocycles. The Balaban J connectivity index is 2.05. The molecule has 0 atom stereocenters. The standard InChI is InChI=1S/C17H25NO4S/c1-3-4-5-11-22-13-17(19)18-10-6-7-14-12-15(23(2,20)21)8-9-16(14)18/h8-9,12H,3-7,10-11,13H2,1-2H3. The van der Waals surface area contributed by atoms with E-state index in [1.54, 1.807) is 23.1 Å². The highest BCUT2D eigenvalue weighted by atomic mass is 32.2. The third-order valence-corrected chi connectivity index (χ3v) is 5.13. The number of nitrogens with zero attached hydrogens (tertiary/aromatic N) is 1. The fourth-order valence-electron chi connectivity index (χ4n) is 2.75. The number of carbonyl (C=O) groups excluding carboxylic acids is 1. The highest BCUT2D eigenvalue weighted by molar-refractivity contribution is 7.90. The second-order valence-corrected chi connectivity index (χ2v) is 7.99. The van der Waals surface area contributed by atoms with Crippen molar-refractivity contribution in [3.8, 4) is 0 Å². The molecule has 0 saturated carbocycles. The smallest absolute Gasteiger partial charge is 0.252 e.